The highest BCUT2D eigenvalue weighted by atomic mass is 32.2. The van der Waals surface area contributed by atoms with Crippen LogP contribution in [0, 0.1) is 0 Å². The fraction of sp³-hybridized carbons (Fsp3) is 0.0789. The van der Waals surface area contributed by atoms with Crippen molar-refractivity contribution in [1.82, 2.24) is 5.32 Å². The summed E-state index contributed by atoms with van der Waals surface area (Å²) >= 11 is 1.41. The third-order valence-corrected chi connectivity index (χ3v) is 8.17. The Balaban J connectivity index is 1.32. The van der Waals surface area contributed by atoms with E-state index in [-0.39, 0.29) is 17.4 Å². The van der Waals surface area contributed by atoms with Gasteiger partial charge in [-0.05, 0) is 85.8 Å². The maximum Gasteiger partial charge on any atom is 0.272 e. The number of thioether (sulfide) groups is 1. The van der Waals surface area contributed by atoms with Gasteiger partial charge >= 0.3 is 0 Å². The van der Waals surface area contributed by atoms with Crippen molar-refractivity contribution < 1.29 is 24.2 Å². The normalized spacial score (nSPS) is 11.7. The van der Waals surface area contributed by atoms with E-state index in [1.54, 1.807) is 53.4 Å². The van der Waals surface area contributed by atoms with Gasteiger partial charge in [0.1, 0.15) is 17.2 Å². The molecule has 1 atom stereocenters. The lowest BCUT2D eigenvalue weighted by Gasteiger charge is -2.26. The number of aromatic hydroxyl groups is 1. The molecule has 0 saturated heterocycles. The third-order valence-electron chi connectivity index (χ3n) is 7.07. The molecule has 47 heavy (non-hydrogen) atoms. The second kappa shape index (κ2) is 15.5. The number of carbonyl (C=O) groups excluding carboxylic acids is 3. The molecule has 0 saturated carbocycles. The first-order valence-corrected chi connectivity index (χ1v) is 15.7. The minimum Gasteiger partial charge on any atom is -0.508 e. The molecule has 3 amide bonds. The topological polar surface area (TPSA) is 108 Å². The average Bonchev–Trinajstić information content (AvgIpc) is 3.10. The molecule has 0 bridgehead atoms. The van der Waals surface area contributed by atoms with Crippen LogP contribution in [0.4, 0.5) is 17.1 Å². The lowest BCUT2D eigenvalue weighted by atomic mass is 10.1. The van der Waals surface area contributed by atoms with Crippen LogP contribution in [-0.4, -0.2) is 35.2 Å². The Labute approximate surface area is 277 Å². The second-order valence-electron chi connectivity index (χ2n) is 10.4. The van der Waals surface area contributed by atoms with E-state index in [2.05, 4.69) is 10.6 Å². The summed E-state index contributed by atoms with van der Waals surface area (Å²) in [6, 6.07) is 39.2. The van der Waals surface area contributed by atoms with Crippen molar-refractivity contribution in [2.45, 2.75) is 17.1 Å². The van der Waals surface area contributed by atoms with Crippen LogP contribution >= 0.6 is 11.8 Å². The van der Waals surface area contributed by atoms with Crippen LogP contribution in [0.15, 0.2) is 144 Å². The number of hydrogen-bond donors (Lipinski definition) is 3. The van der Waals surface area contributed by atoms with Crippen molar-refractivity contribution in [3.05, 3.63) is 150 Å². The van der Waals surface area contributed by atoms with Gasteiger partial charge < -0.3 is 20.5 Å². The summed E-state index contributed by atoms with van der Waals surface area (Å²) in [5, 5.41) is 15.0. The zero-order valence-electron chi connectivity index (χ0n) is 25.8. The molecular weight excluding hydrogens is 611 g/mol. The molecule has 0 spiro atoms. The summed E-state index contributed by atoms with van der Waals surface area (Å²) in [5.41, 5.74) is 2.89. The first-order valence-electron chi connectivity index (χ1n) is 14.8. The molecule has 0 aliphatic carbocycles. The van der Waals surface area contributed by atoms with Gasteiger partial charge in [0.25, 0.3) is 11.8 Å². The molecule has 5 aromatic rings. The molecule has 5 aromatic carbocycles. The number of ether oxygens (including phenoxy) is 1. The minimum atomic E-state index is -0.560. The van der Waals surface area contributed by atoms with Crippen LogP contribution < -0.4 is 20.3 Å². The first-order chi connectivity index (χ1) is 22.8. The molecule has 0 aromatic heterocycles. The number of methoxy groups -OCH3 is 1. The molecule has 8 nitrogen and oxygen atoms in total. The second-order valence-corrected chi connectivity index (χ2v) is 11.8. The Morgan fingerprint density at radius 3 is 1.94 bits per heavy atom. The highest BCUT2D eigenvalue weighted by Crippen LogP contribution is 2.32. The predicted octanol–water partition coefficient (Wildman–Crippen LogP) is 7.66. The number of hydrogen-bond acceptors (Lipinski definition) is 6. The monoisotopic (exact) mass is 643 g/mol. The highest BCUT2D eigenvalue weighted by Gasteiger charge is 2.24. The van der Waals surface area contributed by atoms with Gasteiger partial charge in [-0.25, -0.2) is 0 Å². The Morgan fingerprint density at radius 1 is 0.787 bits per heavy atom. The Kier molecular flexibility index (Phi) is 10.7. The largest absolute Gasteiger partial charge is 0.508 e. The van der Waals surface area contributed by atoms with Gasteiger partial charge in [-0.15, -0.1) is 11.8 Å². The van der Waals surface area contributed by atoms with Gasteiger partial charge in [0.05, 0.1) is 12.4 Å². The van der Waals surface area contributed by atoms with Gasteiger partial charge in [-0.1, -0.05) is 54.6 Å². The smallest absolute Gasteiger partial charge is 0.272 e. The van der Waals surface area contributed by atoms with Crippen molar-refractivity contribution in [3.8, 4) is 11.5 Å². The number of amides is 3. The number of phenolic OH excluding ortho intramolecular Hbond substituents is 1. The number of rotatable bonds is 11. The van der Waals surface area contributed by atoms with E-state index >= 15 is 0 Å². The van der Waals surface area contributed by atoms with Gasteiger partial charge in [-0.3, -0.25) is 19.3 Å². The van der Waals surface area contributed by atoms with Crippen LogP contribution in [0.25, 0.3) is 6.08 Å². The molecule has 236 valence electrons. The maximum atomic E-state index is 13.7. The lowest BCUT2D eigenvalue weighted by molar-refractivity contribution is -0.117. The van der Waals surface area contributed by atoms with E-state index in [9.17, 15) is 19.5 Å². The van der Waals surface area contributed by atoms with Gasteiger partial charge in [0.15, 0.2) is 0 Å². The van der Waals surface area contributed by atoms with Crippen molar-refractivity contribution in [3.63, 3.8) is 0 Å². The summed E-state index contributed by atoms with van der Waals surface area (Å²) in [6.07, 6.45) is 1.48. The zero-order chi connectivity index (χ0) is 33.2. The average molecular weight is 644 g/mol. The summed E-state index contributed by atoms with van der Waals surface area (Å²) < 4.78 is 5.36. The summed E-state index contributed by atoms with van der Waals surface area (Å²) in [4.78, 5) is 42.8. The maximum absolute atomic E-state index is 13.7. The van der Waals surface area contributed by atoms with E-state index in [1.165, 1.54) is 37.1 Å². The number of nitrogens with one attached hydrogen (secondary N) is 2. The molecular formula is C38H33N3O5S. The van der Waals surface area contributed by atoms with Crippen molar-refractivity contribution in [1.29, 1.82) is 0 Å². The number of benzene rings is 5. The number of carbonyl (C=O) groups is 3. The molecule has 0 heterocycles. The summed E-state index contributed by atoms with van der Waals surface area (Å²) in [7, 11) is 1.45. The van der Waals surface area contributed by atoms with Crippen LogP contribution in [-0.2, 0) is 9.59 Å². The molecule has 5 rings (SSSR count). The molecule has 0 aliphatic rings. The number of anilines is 3. The number of para-hydroxylation sites is 2. The fourth-order valence-corrected chi connectivity index (χ4v) is 5.63. The van der Waals surface area contributed by atoms with Crippen LogP contribution in [0.1, 0.15) is 22.8 Å². The van der Waals surface area contributed by atoms with Crippen LogP contribution in [0.2, 0.25) is 0 Å². The van der Waals surface area contributed by atoms with Gasteiger partial charge in [-0.2, -0.15) is 0 Å². The molecule has 0 radical (unpaired) electrons. The van der Waals surface area contributed by atoms with Gasteiger partial charge in [0.2, 0.25) is 5.91 Å². The van der Waals surface area contributed by atoms with E-state index < -0.39 is 17.1 Å². The first kappa shape index (κ1) is 32.6. The predicted molar refractivity (Wildman–Crippen MR) is 187 cm³/mol. The van der Waals surface area contributed by atoms with Gasteiger partial charge in [0, 0.05) is 39.2 Å². The van der Waals surface area contributed by atoms with Crippen LogP contribution in [0.5, 0.6) is 11.5 Å². The van der Waals surface area contributed by atoms with Crippen molar-refractivity contribution in [2.75, 3.05) is 17.3 Å². The van der Waals surface area contributed by atoms with E-state index in [0.717, 1.165) is 16.3 Å². The standard InChI is InChI=1S/C38H33N3O5S/c1-26(38(45)41(30-14-8-4-9-15-30)31-16-10-5-11-17-31)47-33-22-19-29(20-23-33)39-37(44)34(40-36(43)27-12-6-3-7-13-27)24-28-18-21-32(42)25-35(28)46-2/h3-26,42H,1-2H3,(H,39,44)(H,40,43)/b34-24-. The minimum absolute atomic E-state index is 0.000130. The Hall–Kier alpha value is -5.80. The molecule has 3 N–H and O–H groups in total. The molecule has 1 unspecified atom stereocenters. The Morgan fingerprint density at radius 2 is 1.36 bits per heavy atom. The highest BCUT2D eigenvalue weighted by molar-refractivity contribution is 8.00. The van der Waals surface area contributed by atoms with E-state index in [4.69, 9.17) is 4.74 Å². The Bertz CT molecular complexity index is 1830. The lowest BCUT2D eigenvalue weighted by Crippen LogP contribution is -2.32. The summed E-state index contributed by atoms with van der Waals surface area (Å²) in [6.45, 7) is 1.87. The summed E-state index contributed by atoms with van der Waals surface area (Å²) in [5.74, 6) is -0.768. The third kappa shape index (κ3) is 8.47. The molecule has 9 heteroatoms. The fourth-order valence-electron chi connectivity index (χ4n) is 4.73. The van der Waals surface area contributed by atoms with E-state index in [0.29, 0.717) is 22.6 Å². The number of nitrogens with zero attached hydrogens (tertiary/aromatic N) is 1. The van der Waals surface area contributed by atoms with Crippen LogP contribution in [0.3, 0.4) is 0 Å². The SMILES string of the molecule is COc1cc(O)ccc1/C=C(\NC(=O)c1ccccc1)C(=O)Nc1ccc(SC(C)C(=O)N(c2ccccc2)c2ccccc2)cc1. The zero-order valence-corrected chi connectivity index (χ0v) is 26.6. The van der Waals surface area contributed by atoms with Crippen molar-refractivity contribution >= 4 is 52.6 Å². The number of phenols is 1. The molecule has 0 aliphatic heterocycles. The van der Waals surface area contributed by atoms with E-state index in [1.807, 2.05) is 79.7 Å². The quantitative estimate of drug-likeness (QED) is 0.101. The molecule has 0 fully saturated rings. The van der Waals surface area contributed by atoms with Crippen molar-refractivity contribution in [2.24, 2.45) is 0 Å².